The first-order valence-corrected chi connectivity index (χ1v) is 6.72. The lowest BCUT2D eigenvalue weighted by Crippen LogP contribution is -2.10. The van der Waals surface area contributed by atoms with Gasteiger partial charge < -0.3 is 0 Å². The molecule has 0 unspecified atom stereocenters. The van der Waals surface area contributed by atoms with Gasteiger partial charge in [0.05, 0.1) is 0 Å². The molecular formula is C14H26O. The van der Waals surface area contributed by atoms with Crippen molar-refractivity contribution < 1.29 is 4.79 Å². The van der Waals surface area contributed by atoms with Crippen molar-refractivity contribution in [3.8, 4) is 0 Å². The van der Waals surface area contributed by atoms with E-state index in [4.69, 9.17) is 0 Å². The van der Waals surface area contributed by atoms with Crippen LogP contribution in [0.5, 0.6) is 0 Å². The Labute approximate surface area is 94.6 Å². The second-order valence-electron chi connectivity index (χ2n) is 5.36. The van der Waals surface area contributed by atoms with E-state index in [0.29, 0.717) is 5.78 Å². The number of ketones is 1. The number of rotatable bonds is 9. The van der Waals surface area contributed by atoms with Crippen molar-refractivity contribution in [1.29, 1.82) is 0 Å². The zero-order valence-corrected chi connectivity index (χ0v) is 10.5. The Morgan fingerprint density at radius 2 is 1.53 bits per heavy atom. The van der Waals surface area contributed by atoms with Crippen LogP contribution >= 0.6 is 0 Å². The summed E-state index contributed by atoms with van der Waals surface area (Å²) in [5.41, 5.74) is 0.113. The molecule has 0 aromatic carbocycles. The highest BCUT2D eigenvalue weighted by Crippen LogP contribution is 2.46. The van der Waals surface area contributed by atoms with Crippen molar-refractivity contribution in [3.05, 3.63) is 0 Å². The van der Waals surface area contributed by atoms with Crippen molar-refractivity contribution in [3.63, 3.8) is 0 Å². The zero-order chi connectivity index (χ0) is 11.1. The fourth-order valence-corrected chi connectivity index (χ4v) is 2.01. The average molecular weight is 210 g/mol. The molecule has 1 nitrogen and oxygen atoms in total. The number of Topliss-reactive ketones (excluding diaryl/α,β-unsaturated/α-hetero) is 1. The molecule has 1 aliphatic carbocycles. The maximum atomic E-state index is 11.7. The van der Waals surface area contributed by atoms with Gasteiger partial charge in [0.25, 0.3) is 0 Å². The largest absolute Gasteiger partial charge is 0.299 e. The van der Waals surface area contributed by atoms with Crippen molar-refractivity contribution >= 4 is 5.78 Å². The van der Waals surface area contributed by atoms with Gasteiger partial charge in [-0.05, 0) is 19.3 Å². The molecule has 0 amide bonds. The van der Waals surface area contributed by atoms with Gasteiger partial charge in [-0.2, -0.15) is 0 Å². The molecule has 1 heteroatoms. The number of hydrogen-bond donors (Lipinski definition) is 0. The van der Waals surface area contributed by atoms with Gasteiger partial charge in [0.2, 0.25) is 0 Å². The lowest BCUT2D eigenvalue weighted by Gasteiger charge is -2.06. The van der Waals surface area contributed by atoms with Crippen LogP contribution in [0.4, 0.5) is 0 Å². The molecule has 15 heavy (non-hydrogen) atoms. The molecule has 1 saturated carbocycles. The maximum absolute atomic E-state index is 11.7. The van der Waals surface area contributed by atoms with E-state index in [2.05, 4.69) is 13.8 Å². The fraction of sp³-hybridized carbons (Fsp3) is 0.929. The number of unbranched alkanes of at least 4 members (excludes halogenated alkanes) is 6. The van der Waals surface area contributed by atoms with E-state index in [1.54, 1.807) is 0 Å². The van der Waals surface area contributed by atoms with Crippen LogP contribution in [0, 0.1) is 5.41 Å². The Hall–Kier alpha value is -0.330. The highest BCUT2D eigenvalue weighted by Gasteiger charge is 2.43. The van der Waals surface area contributed by atoms with Crippen molar-refractivity contribution in [2.24, 2.45) is 5.41 Å². The number of hydrogen-bond acceptors (Lipinski definition) is 1. The minimum atomic E-state index is 0.113. The third-order valence-electron chi connectivity index (χ3n) is 3.68. The predicted octanol–water partition coefficient (Wildman–Crippen LogP) is 4.50. The lowest BCUT2D eigenvalue weighted by atomic mass is 9.98. The average Bonchev–Trinajstić information content (AvgIpc) is 2.96. The summed E-state index contributed by atoms with van der Waals surface area (Å²) in [7, 11) is 0. The molecule has 0 saturated heterocycles. The van der Waals surface area contributed by atoms with Gasteiger partial charge in [-0.3, -0.25) is 4.79 Å². The molecule has 0 aromatic rings. The van der Waals surface area contributed by atoms with Crippen molar-refractivity contribution in [1.82, 2.24) is 0 Å². The van der Waals surface area contributed by atoms with E-state index in [9.17, 15) is 4.79 Å². The summed E-state index contributed by atoms with van der Waals surface area (Å²) >= 11 is 0. The molecule has 88 valence electrons. The molecule has 0 N–H and O–H groups in total. The number of carbonyl (C=O) groups is 1. The van der Waals surface area contributed by atoms with E-state index < -0.39 is 0 Å². The van der Waals surface area contributed by atoms with E-state index in [1.807, 2.05) is 0 Å². The molecule has 0 atom stereocenters. The molecule has 0 radical (unpaired) electrons. The molecule has 0 bridgehead atoms. The van der Waals surface area contributed by atoms with Gasteiger partial charge >= 0.3 is 0 Å². The Kier molecular flexibility index (Phi) is 5.35. The van der Waals surface area contributed by atoms with Crippen LogP contribution in [-0.4, -0.2) is 5.78 Å². The van der Waals surface area contributed by atoms with Crippen LogP contribution in [-0.2, 0) is 4.79 Å². The lowest BCUT2D eigenvalue weighted by molar-refractivity contribution is -0.123. The minimum Gasteiger partial charge on any atom is -0.299 e. The number of carbonyl (C=O) groups excluding carboxylic acids is 1. The van der Waals surface area contributed by atoms with Crippen LogP contribution < -0.4 is 0 Å². The van der Waals surface area contributed by atoms with E-state index in [0.717, 1.165) is 25.7 Å². The highest BCUT2D eigenvalue weighted by molar-refractivity contribution is 5.86. The quantitative estimate of drug-likeness (QED) is 0.512. The molecule has 0 spiro atoms. The third kappa shape index (κ3) is 4.81. The summed E-state index contributed by atoms with van der Waals surface area (Å²) in [6.07, 6.45) is 12.3. The molecule has 1 rings (SSSR count). The van der Waals surface area contributed by atoms with Gasteiger partial charge in [-0.15, -0.1) is 0 Å². The second kappa shape index (κ2) is 6.30. The van der Waals surface area contributed by atoms with E-state index >= 15 is 0 Å². The first-order chi connectivity index (χ1) is 7.19. The van der Waals surface area contributed by atoms with Crippen LogP contribution in [0.25, 0.3) is 0 Å². The summed E-state index contributed by atoms with van der Waals surface area (Å²) in [4.78, 5) is 11.7. The van der Waals surface area contributed by atoms with Crippen LogP contribution in [0.15, 0.2) is 0 Å². The molecular weight excluding hydrogens is 184 g/mol. The van der Waals surface area contributed by atoms with Gasteiger partial charge in [0.1, 0.15) is 5.78 Å². The smallest absolute Gasteiger partial charge is 0.138 e. The van der Waals surface area contributed by atoms with Crippen LogP contribution in [0.2, 0.25) is 0 Å². The van der Waals surface area contributed by atoms with Gasteiger partial charge in [-0.1, -0.05) is 52.4 Å². The predicted molar refractivity (Wildman–Crippen MR) is 65.0 cm³/mol. The summed E-state index contributed by atoms with van der Waals surface area (Å²) in [6.45, 7) is 4.37. The van der Waals surface area contributed by atoms with E-state index in [-0.39, 0.29) is 5.41 Å². The standard InChI is InChI=1S/C14H26O/c1-3-4-5-6-7-8-9-10-13(15)14(2)11-12-14/h3-12H2,1-2H3. The Morgan fingerprint density at radius 1 is 1.00 bits per heavy atom. The monoisotopic (exact) mass is 210 g/mol. The van der Waals surface area contributed by atoms with Crippen molar-refractivity contribution in [2.75, 3.05) is 0 Å². The normalized spacial score (nSPS) is 17.7. The van der Waals surface area contributed by atoms with Crippen molar-refractivity contribution in [2.45, 2.75) is 78.1 Å². The summed E-state index contributed by atoms with van der Waals surface area (Å²) < 4.78 is 0. The van der Waals surface area contributed by atoms with E-state index in [1.165, 1.54) is 38.5 Å². The van der Waals surface area contributed by atoms with Crippen LogP contribution in [0.3, 0.4) is 0 Å². The Morgan fingerprint density at radius 3 is 2.07 bits per heavy atom. The first-order valence-electron chi connectivity index (χ1n) is 6.72. The Bertz CT molecular complexity index is 192. The first kappa shape index (κ1) is 12.7. The topological polar surface area (TPSA) is 17.1 Å². The fourth-order valence-electron chi connectivity index (χ4n) is 2.01. The van der Waals surface area contributed by atoms with Gasteiger partial charge in [-0.25, -0.2) is 0 Å². The second-order valence-corrected chi connectivity index (χ2v) is 5.36. The molecule has 0 aliphatic heterocycles. The Balaban J connectivity index is 1.86. The molecule has 1 fully saturated rings. The van der Waals surface area contributed by atoms with Gasteiger partial charge in [0, 0.05) is 11.8 Å². The molecule has 1 aliphatic rings. The maximum Gasteiger partial charge on any atom is 0.138 e. The SMILES string of the molecule is CCCCCCCCCC(=O)C1(C)CC1. The molecule has 0 heterocycles. The third-order valence-corrected chi connectivity index (χ3v) is 3.68. The summed E-state index contributed by atoms with van der Waals surface area (Å²) in [5.74, 6) is 0.524. The van der Waals surface area contributed by atoms with Crippen LogP contribution in [0.1, 0.15) is 78.1 Å². The molecule has 0 aromatic heterocycles. The summed E-state index contributed by atoms with van der Waals surface area (Å²) in [6, 6.07) is 0. The zero-order valence-electron chi connectivity index (χ0n) is 10.5. The minimum absolute atomic E-state index is 0.113. The summed E-state index contributed by atoms with van der Waals surface area (Å²) in [5, 5.41) is 0. The highest BCUT2D eigenvalue weighted by atomic mass is 16.1. The van der Waals surface area contributed by atoms with Gasteiger partial charge in [0.15, 0.2) is 0 Å².